The Hall–Kier alpha value is -2.00. The molecule has 0 spiro atoms. The second-order valence-electron chi connectivity index (χ2n) is 3.93. The molecule has 0 aromatic heterocycles. The summed E-state index contributed by atoms with van der Waals surface area (Å²) < 4.78 is 0. The summed E-state index contributed by atoms with van der Waals surface area (Å²) in [5.41, 5.74) is 1.35. The third-order valence-corrected chi connectivity index (χ3v) is 3.19. The predicted octanol–water partition coefficient (Wildman–Crippen LogP) is 3.72. The molecule has 3 nitrogen and oxygen atoms in total. The van der Waals surface area contributed by atoms with Gasteiger partial charge >= 0.3 is 5.97 Å². The van der Waals surface area contributed by atoms with Gasteiger partial charge in [-0.2, -0.15) is 0 Å². The number of carbonyl (C=O) groups is 1. The van der Waals surface area contributed by atoms with Crippen molar-refractivity contribution in [2.24, 2.45) is 0 Å². The van der Waals surface area contributed by atoms with Crippen LogP contribution in [-0.4, -0.2) is 16.2 Å². The SMILES string of the molecule is Cc1c(Cl)cc(-c2ccccc2)c(O)c1C(=O)O. The maximum Gasteiger partial charge on any atom is 0.339 e. The topological polar surface area (TPSA) is 57.5 Å². The zero-order valence-electron chi connectivity index (χ0n) is 9.64. The van der Waals surface area contributed by atoms with E-state index in [-0.39, 0.29) is 11.3 Å². The highest BCUT2D eigenvalue weighted by Crippen LogP contribution is 2.37. The van der Waals surface area contributed by atoms with Gasteiger partial charge in [-0.15, -0.1) is 0 Å². The third-order valence-electron chi connectivity index (χ3n) is 2.79. The smallest absolute Gasteiger partial charge is 0.339 e. The summed E-state index contributed by atoms with van der Waals surface area (Å²) >= 11 is 6.01. The molecule has 0 fully saturated rings. The second-order valence-corrected chi connectivity index (χ2v) is 4.33. The number of aromatic carboxylic acids is 1. The molecule has 18 heavy (non-hydrogen) atoms. The van der Waals surface area contributed by atoms with E-state index in [0.717, 1.165) is 5.56 Å². The van der Waals surface area contributed by atoms with E-state index < -0.39 is 5.97 Å². The van der Waals surface area contributed by atoms with Gasteiger partial charge in [-0.1, -0.05) is 41.9 Å². The van der Waals surface area contributed by atoms with Gasteiger partial charge in [0.15, 0.2) is 0 Å². The Morgan fingerprint density at radius 1 is 1.22 bits per heavy atom. The fourth-order valence-corrected chi connectivity index (χ4v) is 2.04. The number of hydrogen-bond acceptors (Lipinski definition) is 2. The van der Waals surface area contributed by atoms with Gasteiger partial charge in [0, 0.05) is 10.6 Å². The second kappa shape index (κ2) is 4.70. The fraction of sp³-hybridized carbons (Fsp3) is 0.0714. The summed E-state index contributed by atoms with van der Waals surface area (Å²) in [5, 5.41) is 19.5. The number of halogens is 1. The van der Waals surface area contributed by atoms with Crippen molar-refractivity contribution in [1.29, 1.82) is 0 Å². The van der Waals surface area contributed by atoms with Gasteiger partial charge in [0.25, 0.3) is 0 Å². The molecule has 0 saturated carbocycles. The summed E-state index contributed by atoms with van der Waals surface area (Å²) in [6.45, 7) is 1.57. The van der Waals surface area contributed by atoms with Crippen LogP contribution in [0.1, 0.15) is 15.9 Å². The first-order chi connectivity index (χ1) is 8.52. The fourth-order valence-electron chi connectivity index (χ4n) is 1.83. The van der Waals surface area contributed by atoms with Crippen LogP contribution in [0.3, 0.4) is 0 Å². The highest BCUT2D eigenvalue weighted by atomic mass is 35.5. The molecular formula is C14H11ClO3. The quantitative estimate of drug-likeness (QED) is 0.867. The van der Waals surface area contributed by atoms with E-state index in [1.54, 1.807) is 25.1 Å². The average molecular weight is 263 g/mol. The van der Waals surface area contributed by atoms with Crippen molar-refractivity contribution < 1.29 is 15.0 Å². The van der Waals surface area contributed by atoms with Crippen LogP contribution in [0.2, 0.25) is 5.02 Å². The third kappa shape index (κ3) is 2.05. The number of hydrogen-bond donors (Lipinski definition) is 2. The Bertz CT molecular complexity index is 606. The van der Waals surface area contributed by atoms with Crippen molar-refractivity contribution in [1.82, 2.24) is 0 Å². The number of carboxylic acid groups (broad SMARTS) is 1. The van der Waals surface area contributed by atoms with E-state index in [4.69, 9.17) is 16.7 Å². The van der Waals surface area contributed by atoms with Crippen molar-refractivity contribution in [3.8, 4) is 16.9 Å². The molecule has 0 unspecified atom stereocenters. The first-order valence-corrected chi connectivity index (χ1v) is 5.71. The molecule has 0 amide bonds. The van der Waals surface area contributed by atoms with E-state index in [9.17, 15) is 9.90 Å². The zero-order chi connectivity index (χ0) is 13.3. The number of benzene rings is 2. The molecule has 2 aromatic rings. The van der Waals surface area contributed by atoms with Gasteiger partial charge in [-0.25, -0.2) is 4.79 Å². The molecule has 0 aliphatic rings. The number of carboxylic acids is 1. The van der Waals surface area contributed by atoms with Gasteiger partial charge in [0.2, 0.25) is 0 Å². The minimum absolute atomic E-state index is 0.152. The summed E-state index contributed by atoms with van der Waals surface area (Å²) in [6.07, 6.45) is 0. The number of phenols is 1. The maximum atomic E-state index is 11.2. The van der Waals surface area contributed by atoms with Gasteiger partial charge in [-0.3, -0.25) is 0 Å². The Morgan fingerprint density at radius 3 is 2.39 bits per heavy atom. The van der Waals surface area contributed by atoms with E-state index in [1.165, 1.54) is 0 Å². The van der Waals surface area contributed by atoms with E-state index >= 15 is 0 Å². The van der Waals surface area contributed by atoms with Crippen molar-refractivity contribution in [2.45, 2.75) is 6.92 Å². The molecule has 0 aliphatic carbocycles. The lowest BCUT2D eigenvalue weighted by Gasteiger charge is -2.11. The van der Waals surface area contributed by atoms with Crippen LogP contribution in [0.15, 0.2) is 36.4 Å². The molecule has 92 valence electrons. The Kier molecular flexibility index (Phi) is 3.26. The molecule has 0 atom stereocenters. The molecule has 2 N–H and O–H groups in total. The van der Waals surface area contributed by atoms with E-state index in [2.05, 4.69) is 0 Å². The molecule has 0 radical (unpaired) electrons. The minimum atomic E-state index is -1.19. The highest BCUT2D eigenvalue weighted by molar-refractivity contribution is 6.32. The Morgan fingerprint density at radius 2 is 1.83 bits per heavy atom. The van der Waals surface area contributed by atoms with Crippen LogP contribution < -0.4 is 0 Å². The van der Waals surface area contributed by atoms with Gasteiger partial charge in [-0.05, 0) is 24.1 Å². The van der Waals surface area contributed by atoms with Crippen LogP contribution in [0.5, 0.6) is 5.75 Å². The molecule has 0 saturated heterocycles. The molecular weight excluding hydrogens is 252 g/mol. The lowest BCUT2D eigenvalue weighted by atomic mass is 9.98. The van der Waals surface area contributed by atoms with Crippen molar-refractivity contribution in [2.75, 3.05) is 0 Å². The maximum absolute atomic E-state index is 11.2. The first-order valence-electron chi connectivity index (χ1n) is 5.33. The van der Waals surface area contributed by atoms with Gasteiger partial charge < -0.3 is 10.2 Å². The summed E-state index contributed by atoms with van der Waals surface area (Å²) in [6, 6.07) is 10.6. The molecule has 2 aromatic carbocycles. The Labute approximate surface area is 109 Å². The van der Waals surface area contributed by atoms with Crippen molar-refractivity contribution >= 4 is 17.6 Å². The lowest BCUT2D eigenvalue weighted by molar-refractivity contribution is 0.0693. The van der Waals surface area contributed by atoms with E-state index in [1.807, 2.05) is 18.2 Å². The van der Waals surface area contributed by atoms with Crippen LogP contribution in [0, 0.1) is 6.92 Å². The number of rotatable bonds is 2. The molecule has 0 bridgehead atoms. The van der Waals surface area contributed by atoms with Gasteiger partial charge in [0.05, 0.1) is 0 Å². The summed E-state index contributed by atoms with van der Waals surface area (Å²) in [7, 11) is 0. The molecule has 0 heterocycles. The molecule has 2 rings (SSSR count). The van der Waals surface area contributed by atoms with Crippen LogP contribution in [0.25, 0.3) is 11.1 Å². The first kappa shape index (κ1) is 12.5. The minimum Gasteiger partial charge on any atom is -0.506 e. The zero-order valence-corrected chi connectivity index (χ0v) is 10.4. The summed E-state index contributed by atoms with van der Waals surface area (Å²) in [5.74, 6) is -1.44. The monoisotopic (exact) mass is 262 g/mol. The van der Waals surface area contributed by atoms with Crippen LogP contribution in [-0.2, 0) is 0 Å². The van der Waals surface area contributed by atoms with Crippen molar-refractivity contribution in [3.63, 3.8) is 0 Å². The largest absolute Gasteiger partial charge is 0.506 e. The van der Waals surface area contributed by atoms with Crippen molar-refractivity contribution in [3.05, 3.63) is 52.5 Å². The van der Waals surface area contributed by atoms with Crippen LogP contribution in [0.4, 0.5) is 0 Å². The average Bonchev–Trinajstić information content (AvgIpc) is 2.34. The Balaban J connectivity index is 2.75. The highest BCUT2D eigenvalue weighted by Gasteiger charge is 2.20. The molecule has 4 heteroatoms. The van der Waals surface area contributed by atoms with Crippen LogP contribution >= 0.6 is 11.6 Å². The normalized spacial score (nSPS) is 10.3. The van der Waals surface area contributed by atoms with Gasteiger partial charge in [0.1, 0.15) is 11.3 Å². The predicted molar refractivity (Wildman–Crippen MR) is 70.2 cm³/mol. The number of aromatic hydroxyl groups is 1. The molecule has 0 aliphatic heterocycles. The summed E-state index contributed by atoms with van der Waals surface area (Å²) in [4.78, 5) is 11.2. The standard InChI is InChI=1S/C14H11ClO3/c1-8-11(15)7-10(9-5-3-2-4-6-9)13(16)12(8)14(17)18/h2-7,16H,1H3,(H,17,18). The lowest BCUT2D eigenvalue weighted by Crippen LogP contribution is -2.02. The van der Waals surface area contributed by atoms with E-state index in [0.29, 0.717) is 16.1 Å².